The highest BCUT2D eigenvalue weighted by Gasteiger charge is 2.52. The maximum absolute atomic E-state index is 11.5. The quantitative estimate of drug-likeness (QED) is 0.403. The predicted octanol–water partition coefficient (Wildman–Crippen LogP) is 0.615. The number of rotatable bonds is 0. The lowest BCUT2D eigenvalue weighted by molar-refractivity contribution is -0.120. The van der Waals surface area contributed by atoms with Gasteiger partial charge in [0.1, 0.15) is 0 Å². The van der Waals surface area contributed by atoms with Crippen LogP contribution in [0.3, 0.4) is 0 Å². The van der Waals surface area contributed by atoms with Crippen LogP contribution in [-0.2, 0) is 9.59 Å². The Hall–Kier alpha value is -1.28. The average molecular weight is 178 g/mol. The molecule has 2 atom stereocenters. The molecule has 0 bridgehead atoms. The minimum atomic E-state index is -0.253. The molecule has 0 spiro atoms. The van der Waals surface area contributed by atoms with Gasteiger partial charge in [-0.1, -0.05) is 12.8 Å². The largest absolute Gasteiger partial charge is 0.400 e. The van der Waals surface area contributed by atoms with Gasteiger partial charge in [-0.05, 0) is 12.8 Å². The highest BCUT2D eigenvalue weighted by molar-refractivity contribution is 6.68. The topological polar surface area (TPSA) is 70.5 Å². The maximum Gasteiger partial charge on any atom is 0.400 e. The van der Waals surface area contributed by atoms with Crippen molar-refractivity contribution in [1.82, 2.24) is 0 Å². The molecule has 4 heteroatoms. The van der Waals surface area contributed by atoms with Crippen LogP contribution in [-0.4, -0.2) is 22.1 Å². The molecule has 4 nitrogen and oxygen atoms in total. The lowest BCUT2D eigenvalue weighted by Crippen LogP contribution is -2.21. The molecule has 0 aromatic heterocycles. The molecule has 0 radical (unpaired) electrons. The van der Waals surface area contributed by atoms with Crippen LogP contribution in [0.2, 0.25) is 0 Å². The van der Waals surface area contributed by atoms with Crippen molar-refractivity contribution >= 4 is 17.3 Å². The summed E-state index contributed by atoms with van der Waals surface area (Å²) >= 11 is 0. The Labute approximate surface area is 75.6 Å². The van der Waals surface area contributed by atoms with Gasteiger partial charge in [-0.15, -0.1) is 0 Å². The van der Waals surface area contributed by atoms with E-state index in [0.717, 1.165) is 25.7 Å². The molecule has 0 N–H and O–H groups in total. The van der Waals surface area contributed by atoms with Crippen LogP contribution in [0.15, 0.2) is 0 Å². The second-order valence-electron chi connectivity index (χ2n) is 3.67. The number of nitrogens with zero attached hydrogens (tertiary/aromatic N) is 2. The van der Waals surface area contributed by atoms with Gasteiger partial charge in [-0.25, -0.2) is 0 Å². The molecule has 0 aliphatic heterocycles. The molecule has 13 heavy (non-hydrogen) atoms. The summed E-state index contributed by atoms with van der Waals surface area (Å²) in [7, 11) is 0. The van der Waals surface area contributed by atoms with E-state index < -0.39 is 0 Å². The van der Waals surface area contributed by atoms with Crippen molar-refractivity contribution in [3.63, 3.8) is 0 Å². The fourth-order valence-electron chi connectivity index (χ4n) is 2.33. The fraction of sp³-hybridized carbons (Fsp3) is 0.667. The maximum atomic E-state index is 11.5. The van der Waals surface area contributed by atoms with Gasteiger partial charge in [-0.2, -0.15) is 4.79 Å². The number of ketones is 2. The molecule has 0 saturated heterocycles. The minimum absolute atomic E-state index is 0.188. The van der Waals surface area contributed by atoms with Crippen molar-refractivity contribution in [1.29, 1.82) is 0 Å². The van der Waals surface area contributed by atoms with E-state index in [1.165, 1.54) is 0 Å². The van der Waals surface area contributed by atoms with Crippen molar-refractivity contribution in [2.45, 2.75) is 25.7 Å². The molecule has 0 amide bonds. The molecule has 0 aromatic carbocycles. The Bertz CT molecular complexity index is 303. The Balaban J connectivity index is 2.38. The van der Waals surface area contributed by atoms with Gasteiger partial charge in [0.15, 0.2) is 0 Å². The summed E-state index contributed by atoms with van der Waals surface area (Å²) in [6.45, 7) is 0. The first-order valence-electron chi connectivity index (χ1n) is 4.56. The number of hydrogen-bond donors (Lipinski definition) is 0. The molecule has 0 heterocycles. The van der Waals surface area contributed by atoms with Gasteiger partial charge in [0.25, 0.3) is 11.6 Å². The molecule has 2 aliphatic rings. The Morgan fingerprint density at radius 3 is 1.92 bits per heavy atom. The van der Waals surface area contributed by atoms with Crippen molar-refractivity contribution in [2.24, 2.45) is 11.8 Å². The number of fused-ring (bicyclic) bond motifs is 1. The number of carbonyl (C=O) groups is 2. The van der Waals surface area contributed by atoms with Gasteiger partial charge in [0.2, 0.25) is 0 Å². The predicted molar refractivity (Wildman–Crippen MR) is 44.1 cm³/mol. The second-order valence-corrected chi connectivity index (χ2v) is 3.67. The summed E-state index contributed by atoms with van der Waals surface area (Å²) in [5.41, 5.74) is 8.28. The van der Waals surface area contributed by atoms with Gasteiger partial charge in [-0.3, -0.25) is 9.59 Å². The van der Waals surface area contributed by atoms with Gasteiger partial charge >= 0.3 is 5.71 Å². The third-order valence-electron chi connectivity index (χ3n) is 3.01. The Kier molecular flexibility index (Phi) is 1.85. The zero-order valence-electron chi connectivity index (χ0n) is 7.19. The number of carbonyl (C=O) groups excluding carboxylic acids is 2. The molecule has 2 aliphatic carbocycles. The third kappa shape index (κ3) is 1.06. The van der Waals surface area contributed by atoms with E-state index in [9.17, 15) is 9.59 Å². The highest BCUT2D eigenvalue weighted by atomic mass is 16.2. The monoisotopic (exact) mass is 178 g/mol. The number of Topliss-reactive ketones (excluding diaryl/α,β-unsaturated/α-hetero) is 2. The molecule has 2 saturated carbocycles. The van der Waals surface area contributed by atoms with E-state index in [1.807, 2.05) is 0 Å². The summed E-state index contributed by atoms with van der Waals surface area (Å²) < 4.78 is 0. The van der Waals surface area contributed by atoms with E-state index in [1.54, 1.807) is 0 Å². The molecule has 2 unspecified atom stereocenters. The van der Waals surface area contributed by atoms with E-state index in [0.29, 0.717) is 0 Å². The van der Waals surface area contributed by atoms with Gasteiger partial charge in [0, 0.05) is 11.8 Å². The Morgan fingerprint density at radius 2 is 1.54 bits per heavy atom. The first-order valence-corrected chi connectivity index (χ1v) is 4.56. The van der Waals surface area contributed by atoms with E-state index in [2.05, 4.69) is 4.79 Å². The smallest absolute Gasteiger partial charge is 0.360 e. The SMILES string of the molecule is [N-]=[N+]=C1C(=O)C2CCCCC2C1=O. The van der Waals surface area contributed by atoms with E-state index in [4.69, 9.17) is 5.53 Å². The summed E-state index contributed by atoms with van der Waals surface area (Å²) in [5.74, 6) is -0.881. The lowest BCUT2D eigenvalue weighted by Gasteiger charge is -2.20. The Morgan fingerprint density at radius 1 is 1.08 bits per heavy atom. The van der Waals surface area contributed by atoms with Crippen LogP contribution >= 0.6 is 0 Å². The molecule has 2 rings (SSSR count). The molecular formula is C9H10N2O2. The molecular weight excluding hydrogens is 168 g/mol. The highest BCUT2D eigenvalue weighted by Crippen LogP contribution is 2.36. The third-order valence-corrected chi connectivity index (χ3v) is 3.01. The molecule has 2 fully saturated rings. The van der Waals surface area contributed by atoms with Crippen molar-refractivity contribution in [2.75, 3.05) is 0 Å². The van der Waals surface area contributed by atoms with Crippen LogP contribution in [0.5, 0.6) is 0 Å². The summed E-state index contributed by atoms with van der Waals surface area (Å²) in [6.07, 6.45) is 3.54. The normalized spacial score (nSPS) is 33.1. The molecule has 0 aromatic rings. The lowest BCUT2D eigenvalue weighted by atomic mass is 9.81. The van der Waals surface area contributed by atoms with Crippen LogP contribution in [0.4, 0.5) is 0 Å². The van der Waals surface area contributed by atoms with Gasteiger partial charge < -0.3 is 5.53 Å². The van der Waals surface area contributed by atoms with Crippen LogP contribution in [0, 0.1) is 11.8 Å². The van der Waals surface area contributed by atoms with E-state index in [-0.39, 0.29) is 29.1 Å². The first kappa shape index (κ1) is 8.32. The van der Waals surface area contributed by atoms with Crippen molar-refractivity contribution in [3.8, 4) is 0 Å². The van der Waals surface area contributed by atoms with Crippen LogP contribution < -0.4 is 0 Å². The minimum Gasteiger partial charge on any atom is -0.360 e. The average Bonchev–Trinajstić information content (AvgIpc) is 2.41. The van der Waals surface area contributed by atoms with Crippen LogP contribution in [0.25, 0.3) is 5.53 Å². The second kappa shape index (κ2) is 2.89. The summed E-state index contributed by atoms with van der Waals surface area (Å²) in [6, 6.07) is 0. The summed E-state index contributed by atoms with van der Waals surface area (Å²) in [4.78, 5) is 25.7. The zero-order valence-corrected chi connectivity index (χ0v) is 7.19. The zero-order chi connectivity index (χ0) is 9.42. The fourth-order valence-corrected chi connectivity index (χ4v) is 2.33. The first-order chi connectivity index (χ1) is 6.25. The molecule has 68 valence electrons. The standard InChI is InChI=1S/C9H10N2O2/c10-11-7-8(12)5-3-1-2-4-6(5)9(7)13/h5-6H,1-4H2. The van der Waals surface area contributed by atoms with Crippen LogP contribution in [0.1, 0.15) is 25.7 Å². The van der Waals surface area contributed by atoms with Crippen molar-refractivity contribution < 1.29 is 14.4 Å². The van der Waals surface area contributed by atoms with Crippen molar-refractivity contribution in [3.05, 3.63) is 5.53 Å². The summed E-state index contributed by atoms with van der Waals surface area (Å²) in [5, 5.41) is 0. The van der Waals surface area contributed by atoms with E-state index >= 15 is 0 Å². The number of hydrogen-bond acceptors (Lipinski definition) is 2. The van der Waals surface area contributed by atoms with Gasteiger partial charge in [0.05, 0.1) is 0 Å².